The van der Waals surface area contributed by atoms with Gasteiger partial charge in [0.05, 0.1) is 0 Å². The first kappa shape index (κ1) is 16.5. The van der Waals surface area contributed by atoms with Crippen molar-refractivity contribution in [1.29, 1.82) is 0 Å². The van der Waals surface area contributed by atoms with E-state index in [4.69, 9.17) is 0 Å². The highest BCUT2D eigenvalue weighted by Crippen LogP contribution is 2.44. The van der Waals surface area contributed by atoms with E-state index in [9.17, 15) is 0 Å². The molecule has 21 heavy (non-hydrogen) atoms. The summed E-state index contributed by atoms with van der Waals surface area (Å²) < 4.78 is 2.09. The summed E-state index contributed by atoms with van der Waals surface area (Å²) in [5.41, 5.74) is 0.445. The van der Waals surface area contributed by atoms with Crippen LogP contribution < -0.4 is 5.32 Å². The zero-order valence-electron chi connectivity index (χ0n) is 14.2. The molecule has 2 atom stereocenters. The van der Waals surface area contributed by atoms with Gasteiger partial charge < -0.3 is 5.32 Å². The predicted octanol–water partition coefficient (Wildman–Crippen LogP) is 3.43. The van der Waals surface area contributed by atoms with Gasteiger partial charge in [-0.15, -0.1) is 0 Å². The minimum Gasteiger partial charge on any atom is -0.313 e. The Labute approximate surface area is 129 Å². The van der Waals surface area contributed by atoms with Crippen molar-refractivity contribution in [1.82, 2.24) is 20.1 Å². The van der Waals surface area contributed by atoms with Crippen molar-refractivity contribution in [3.05, 3.63) is 12.2 Å². The third-order valence-electron chi connectivity index (χ3n) is 5.02. The molecule has 1 heterocycles. The van der Waals surface area contributed by atoms with Crippen molar-refractivity contribution < 1.29 is 0 Å². The lowest BCUT2D eigenvalue weighted by Crippen LogP contribution is -2.43. The number of rotatable bonds is 8. The predicted molar refractivity (Wildman–Crippen MR) is 87.2 cm³/mol. The van der Waals surface area contributed by atoms with Crippen LogP contribution in [0, 0.1) is 11.3 Å². The van der Waals surface area contributed by atoms with Gasteiger partial charge in [-0.3, -0.25) is 4.68 Å². The first-order valence-electron chi connectivity index (χ1n) is 8.68. The normalized spacial score (nSPS) is 22.6. The Morgan fingerprint density at radius 3 is 2.81 bits per heavy atom. The second kappa shape index (κ2) is 7.39. The summed E-state index contributed by atoms with van der Waals surface area (Å²) in [4.78, 5) is 4.51. The number of nitrogens with zero attached hydrogens (tertiary/aromatic N) is 3. The van der Waals surface area contributed by atoms with E-state index in [-0.39, 0.29) is 0 Å². The van der Waals surface area contributed by atoms with Gasteiger partial charge in [-0.05, 0) is 43.6 Å². The second-order valence-corrected chi connectivity index (χ2v) is 7.15. The van der Waals surface area contributed by atoms with E-state index in [1.807, 2.05) is 0 Å². The maximum atomic E-state index is 4.51. The third-order valence-corrected chi connectivity index (χ3v) is 5.02. The van der Waals surface area contributed by atoms with Gasteiger partial charge in [0.2, 0.25) is 0 Å². The van der Waals surface area contributed by atoms with E-state index in [1.165, 1.54) is 25.7 Å². The largest absolute Gasteiger partial charge is 0.313 e. The standard InChI is InChI=1S/C17H32N4/c1-5-10-18-15(14-8-7-9-17(14,3)4)12-16-19-13-20-21(16)11-6-2/h13-15,18H,5-12H2,1-4H3. The molecule has 120 valence electrons. The lowest BCUT2D eigenvalue weighted by Gasteiger charge is -2.34. The highest BCUT2D eigenvalue weighted by Gasteiger charge is 2.39. The minimum absolute atomic E-state index is 0.445. The van der Waals surface area contributed by atoms with E-state index in [0.717, 1.165) is 37.7 Å². The summed E-state index contributed by atoms with van der Waals surface area (Å²) in [5.74, 6) is 1.89. The molecule has 1 N–H and O–H groups in total. The first-order chi connectivity index (χ1) is 10.1. The van der Waals surface area contributed by atoms with Gasteiger partial charge in [-0.2, -0.15) is 5.10 Å². The van der Waals surface area contributed by atoms with Gasteiger partial charge in [-0.1, -0.05) is 34.1 Å². The fraction of sp³-hybridized carbons (Fsp3) is 0.882. The molecule has 4 nitrogen and oxygen atoms in total. The quantitative estimate of drug-likeness (QED) is 0.798. The van der Waals surface area contributed by atoms with Crippen LogP contribution in [-0.2, 0) is 13.0 Å². The van der Waals surface area contributed by atoms with Gasteiger partial charge in [0, 0.05) is 19.0 Å². The lowest BCUT2D eigenvalue weighted by atomic mass is 9.76. The van der Waals surface area contributed by atoms with Crippen molar-refractivity contribution in [3.63, 3.8) is 0 Å². The van der Waals surface area contributed by atoms with Crippen LogP contribution in [0.1, 0.15) is 65.6 Å². The number of aromatic nitrogens is 3. The zero-order chi connectivity index (χ0) is 15.3. The monoisotopic (exact) mass is 292 g/mol. The fourth-order valence-electron chi connectivity index (χ4n) is 3.83. The molecular formula is C17H32N4. The fourth-order valence-corrected chi connectivity index (χ4v) is 3.83. The summed E-state index contributed by atoms with van der Waals surface area (Å²) in [6.45, 7) is 11.4. The van der Waals surface area contributed by atoms with Gasteiger partial charge >= 0.3 is 0 Å². The zero-order valence-corrected chi connectivity index (χ0v) is 14.2. The number of hydrogen-bond acceptors (Lipinski definition) is 3. The molecule has 0 amide bonds. The van der Waals surface area contributed by atoms with Crippen molar-refractivity contribution in [2.45, 2.75) is 78.8 Å². The number of nitrogens with one attached hydrogen (secondary N) is 1. The Bertz CT molecular complexity index is 424. The van der Waals surface area contributed by atoms with Crippen molar-refractivity contribution in [2.24, 2.45) is 11.3 Å². The van der Waals surface area contributed by atoms with Crippen LogP contribution in [-0.4, -0.2) is 27.4 Å². The molecule has 2 unspecified atom stereocenters. The molecule has 0 radical (unpaired) electrons. The Morgan fingerprint density at radius 1 is 1.38 bits per heavy atom. The van der Waals surface area contributed by atoms with E-state index >= 15 is 0 Å². The molecule has 0 aromatic carbocycles. The summed E-state index contributed by atoms with van der Waals surface area (Å²) in [5, 5.41) is 8.17. The molecule has 0 aliphatic heterocycles. The number of aryl methyl sites for hydroxylation is 1. The molecule has 0 spiro atoms. The molecule has 4 heteroatoms. The molecule has 1 aliphatic rings. The van der Waals surface area contributed by atoms with Crippen LogP contribution in [0.15, 0.2) is 6.33 Å². The summed E-state index contributed by atoms with van der Waals surface area (Å²) in [6, 6.07) is 0.530. The summed E-state index contributed by atoms with van der Waals surface area (Å²) in [6.07, 6.45) is 9.07. The van der Waals surface area contributed by atoms with Crippen molar-refractivity contribution in [3.8, 4) is 0 Å². The Kier molecular flexibility index (Phi) is 5.80. The van der Waals surface area contributed by atoms with Crippen LogP contribution >= 0.6 is 0 Å². The average molecular weight is 292 g/mol. The average Bonchev–Trinajstić information content (AvgIpc) is 3.01. The summed E-state index contributed by atoms with van der Waals surface area (Å²) >= 11 is 0. The molecular weight excluding hydrogens is 260 g/mol. The Hall–Kier alpha value is -0.900. The minimum atomic E-state index is 0.445. The van der Waals surface area contributed by atoms with Crippen molar-refractivity contribution >= 4 is 0 Å². The first-order valence-corrected chi connectivity index (χ1v) is 8.68. The SMILES string of the molecule is CCCNC(Cc1ncnn1CCC)C1CCCC1(C)C. The smallest absolute Gasteiger partial charge is 0.138 e. The maximum absolute atomic E-state index is 4.51. The topological polar surface area (TPSA) is 42.7 Å². The van der Waals surface area contributed by atoms with E-state index in [0.29, 0.717) is 11.5 Å². The van der Waals surface area contributed by atoms with Crippen LogP contribution in [0.2, 0.25) is 0 Å². The van der Waals surface area contributed by atoms with Crippen LogP contribution in [0.5, 0.6) is 0 Å². The Balaban J connectivity index is 2.10. The Morgan fingerprint density at radius 2 is 2.19 bits per heavy atom. The van der Waals surface area contributed by atoms with E-state index < -0.39 is 0 Å². The number of hydrogen-bond donors (Lipinski definition) is 1. The third kappa shape index (κ3) is 4.06. The molecule has 1 aliphatic carbocycles. The van der Waals surface area contributed by atoms with Gasteiger partial charge in [0.25, 0.3) is 0 Å². The van der Waals surface area contributed by atoms with Crippen LogP contribution in [0.4, 0.5) is 0 Å². The molecule has 1 fully saturated rings. The lowest BCUT2D eigenvalue weighted by molar-refractivity contribution is 0.193. The molecule has 1 aromatic rings. The summed E-state index contributed by atoms with van der Waals surface area (Å²) in [7, 11) is 0. The van der Waals surface area contributed by atoms with Gasteiger partial charge in [0.15, 0.2) is 0 Å². The van der Waals surface area contributed by atoms with Crippen molar-refractivity contribution in [2.75, 3.05) is 6.54 Å². The van der Waals surface area contributed by atoms with Crippen LogP contribution in [0.3, 0.4) is 0 Å². The molecule has 2 rings (SSSR count). The highest BCUT2D eigenvalue weighted by atomic mass is 15.3. The molecule has 1 saturated carbocycles. The van der Waals surface area contributed by atoms with E-state index in [1.54, 1.807) is 6.33 Å². The van der Waals surface area contributed by atoms with Crippen LogP contribution in [0.25, 0.3) is 0 Å². The highest BCUT2D eigenvalue weighted by molar-refractivity contribution is 4.98. The van der Waals surface area contributed by atoms with Gasteiger partial charge in [-0.25, -0.2) is 4.98 Å². The molecule has 0 saturated heterocycles. The second-order valence-electron chi connectivity index (χ2n) is 7.15. The van der Waals surface area contributed by atoms with Gasteiger partial charge in [0.1, 0.15) is 12.2 Å². The van der Waals surface area contributed by atoms with E-state index in [2.05, 4.69) is 47.8 Å². The maximum Gasteiger partial charge on any atom is 0.138 e. The molecule has 0 bridgehead atoms. The molecule has 1 aromatic heterocycles.